The van der Waals surface area contributed by atoms with E-state index in [1.165, 1.54) is 5.56 Å². The van der Waals surface area contributed by atoms with Crippen LogP contribution in [0.2, 0.25) is 0 Å². The average Bonchev–Trinajstić information content (AvgIpc) is 2.86. The first kappa shape index (κ1) is 9.04. The fourth-order valence-corrected chi connectivity index (χ4v) is 2.36. The Bertz CT molecular complexity index is 476. The largest absolute Gasteiger partial charge is 0.481 e. The molecule has 0 amide bonds. The highest BCUT2D eigenvalue weighted by Gasteiger charge is 2.27. The van der Waals surface area contributed by atoms with Crippen LogP contribution in [0.5, 0.6) is 5.75 Å². The summed E-state index contributed by atoms with van der Waals surface area (Å²) >= 11 is 3.48. The number of hydrogen-bond acceptors (Lipinski definition) is 2. The molecule has 15 heavy (non-hydrogen) atoms. The molecule has 1 aromatic heterocycles. The number of rotatable bonds is 1. The number of fused-ring (bicyclic) bond motifs is 1. The molecule has 0 saturated heterocycles. The molecule has 0 bridgehead atoms. The SMILES string of the molecule is Brc1cccc2c1OC(c1ccco1)C2. The Morgan fingerprint density at radius 1 is 1.20 bits per heavy atom. The van der Waals surface area contributed by atoms with Gasteiger partial charge in [0.15, 0.2) is 6.10 Å². The van der Waals surface area contributed by atoms with Gasteiger partial charge in [-0.3, -0.25) is 0 Å². The van der Waals surface area contributed by atoms with Gasteiger partial charge in [-0.1, -0.05) is 12.1 Å². The highest BCUT2D eigenvalue weighted by atomic mass is 79.9. The highest BCUT2D eigenvalue weighted by molar-refractivity contribution is 9.10. The van der Waals surface area contributed by atoms with Gasteiger partial charge in [-0.15, -0.1) is 0 Å². The Morgan fingerprint density at radius 3 is 2.87 bits per heavy atom. The van der Waals surface area contributed by atoms with E-state index in [1.807, 2.05) is 24.3 Å². The molecule has 0 radical (unpaired) electrons. The first-order valence-electron chi connectivity index (χ1n) is 4.82. The lowest BCUT2D eigenvalue weighted by Crippen LogP contribution is -2.01. The molecular weight excluding hydrogens is 256 g/mol. The average molecular weight is 265 g/mol. The molecule has 2 heterocycles. The van der Waals surface area contributed by atoms with E-state index in [4.69, 9.17) is 9.15 Å². The van der Waals surface area contributed by atoms with Gasteiger partial charge in [-0.05, 0) is 39.7 Å². The zero-order valence-corrected chi connectivity index (χ0v) is 9.53. The Labute approximate surface area is 96.0 Å². The van der Waals surface area contributed by atoms with E-state index in [9.17, 15) is 0 Å². The molecule has 1 unspecified atom stereocenters. The molecule has 3 rings (SSSR count). The third kappa shape index (κ3) is 1.47. The van der Waals surface area contributed by atoms with E-state index in [-0.39, 0.29) is 6.10 Å². The van der Waals surface area contributed by atoms with Crippen molar-refractivity contribution in [1.82, 2.24) is 0 Å². The zero-order valence-electron chi connectivity index (χ0n) is 7.94. The molecule has 0 spiro atoms. The summed E-state index contributed by atoms with van der Waals surface area (Å²) < 4.78 is 12.2. The van der Waals surface area contributed by atoms with Gasteiger partial charge in [-0.2, -0.15) is 0 Å². The fraction of sp³-hybridized carbons (Fsp3) is 0.167. The summed E-state index contributed by atoms with van der Waals surface area (Å²) in [5, 5.41) is 0. The number of furan rings is 1. The van der Waals surface area contributed by atoms with Crippen LogP contribution in [0.25, 0.3) is 0 Å². The summed E-state index contributed by atoms with van der Waals surface area (Å²) in [4.78, 5) is 0. The van der Waals surface area contributed by atoms with Crippen molar-refractivity contribution in [3.63, 3.8) is 0 Å². The summed E-state index contributed by atoms with van der Waals surface area (Å²) in [5.74, 6) is 1.83. The highest BCUT2D eigenvalue weighted by Crippen LogP contribution is 2.41. The lowest BCUT2D eigenvalue weighted by Gasteiger charge is -2.07. The van der Waals surface area contributed by atoms with Crippen molar-refractivity contribution in [2.45, 2.75) is 12.5 Å². The van der Waals surface area contributed by atoms with E-state index < -0.39 is 0 Å². The molecule has 1 aliphatic rings. The van der Waals surface area contributed by atoms with Crippen LogP contribution in [0.3, 0.4) is 0 Å². The third-order valence-electron chi connectivity index (χ3n) is 2.57. The molecule has 1 aliphatic heterocycles. The topological polar surface area (TPSA) is 22.4 Å². The quantitative estimate of drug-likeness (QED) is 0.784. The first-order chi connectivity index (χ1) is 7.34. The molecule has 76 valence electrons. The van der Waals surface area contributed by atoms with Crippen molar-refractivity contribution in [3.8, 4) is 5.75 Å². The third-order valence-corrected chi connectivity index (χ3v) is 3.20. The number of benzene rings is 1. The predicted octanol–water partition coefficient (Wildman–Crippen LogP) is 3.72. The molecule has 2 aromatic rings. The normalized spacial score (nSPS) is 18.6. The van der Waals surface area contributed by atoms with Crippen LogP contribution in [-0.4, -0.2) is 0 Å². The lowest BCUT2D eigenvalue weighted by atomic mass is 10.1. The first-order valence-corrected chi connectivity index (χ1v) is 5.61. The maximum atomic E-state index is 5.84. The molecule has 1 aromatic carbocycles. The van der Waals surface area contributed by atoms with Crippen LogP contribution in [-0.2, 0) is 6.42 Å². The van der Waals surface area contributed by atoms with Gasteiger partial charge in [0.25, 0.3) is 0 Å². The van der Waals surface area contributed by atoms with Gasteiger partial charge in [-0.25, -0.2) is 0 Å². The van der Waals surface area contributed by atoms with E-state index >= 15 is 0 Å². The van der Waals surface area contributed by atoms with Crippen LogP contribution in [0.1, 0.15) is 17.4 Å². The van der Waals surface area contributed by atoms with Crippen LogP contribution in [0, 0.1) is 0 Å². The maximum Gasteiger partial charge on any atom is 0.160 e. The second-order valence-electron chi connectivity index (χ2n) is 3.55. The van der Waals surface area contributed by atoms with Crippen LogP contribution < -0.4 is 4.74 Å². The molecule has 0 fully saturated rings. The van der Waals surface area contributed by atoms with E-state index in [0.29, 0.717) is 0 Å². The summed E-state index contributed by atoms with van der Waals surface area (Å²) in [6, 6.07) is 9.93. The Kier molecular flexibility index (Phi) is 2.06. The van der Waals surface area contributed by atoms with E-state index in [0.717, 1.165) is 22.4 Å². The standard InChI is InChI=1S/C12H9BrO2/c13-9-4-1-3-8-7-11(15-12(8)9)10-5-2-6-14-10/h1-6,11H,7H2. The number of hydrogen-bond donors (Lipinski definition) is 0. The lowest BCUT2D eigenvalue weighted by molar-refractivity contribution is 0.204. The smallest absolute Gasteiger partial charge is 0.160 e. The monoisotopic (exact) mass is 264 g/mol. The summed E-state index contributed by atoms with van der Waals surface area (Å²) in [5.41, 5.74) is 1.23. The fourth-order valence-electron chi connectivity index (χ4n) is 1.86. The Hall–Kier alpha value is -1.22. The minimum atomic E-state index is 0.0219. The van der Waals surface area contributed by atoms with Gasteiger partial charge >= 0.3 is 0 Å². The molecule has 0 aliphatic carbocycles. The second-order valence-corrected chi connectivity index (χ2v) is 4.41. The van der Waals surface area contributed by atoms with Crippen molar-refractivity contribution in [2.75, 3.05) is 0 Å². The molecule has 3 heteroatoms. The van der Waals surface area contributed by atoms with Crippen molar-refractivity contribution >= 4 is 15.9 Å². The maximum absolute atomic E-state index is 5.84. The zero-order chi connectivity index (χ0) is 10.3. The predicted molar refractivity (Wildman–Crippen MR) is 59.9 cm³/mol. The summed E-state index contributed by atoms with van der Waals surface area (Å²) in [7, 11) is 0. The van der Waals surface area contributed by atoms with Crippen molar-refractivity contribution in [2.24, 2.45) is 0 Å². The molecular formula is C12H9BrO2. The number of halogens is 1. The van der Waals surface area contributed by atoms with Gasteiger partial charge in [0.1, 0.15) is 11.5 Å². The van der Waals surface area contributed by atoms with Gasteiger partial charge in [0.05, 0.1) is 10.7 Å². The van der Waals surface area contributed by atoms with E-state index in [2.05, 4.69) is 22.0 Å². The van der Waals surface area contributed by atoms with Crippen molar-refractivity contribution < 1.29 is 9.15 Å². The van der Waals surface area contributed by atoms with Gasteiger partial charge in [0.2, 0.25) is 0 Å². The van der Waals surface area contributed by atoms with Crippen LogP contribution in [0.4, 0.5) is 0 Å². The number of para-hydroxylation sites is 1. The molecule has 0 N–H and O–H groups in total. The molecule has 0 saturated carbocycles. The Balaban J connectivity index is 1.96. The van der Waals surface area contributed by atoms with Gasteiger partial charge in [0, 0.05) is 6.42 Å². The minimum absolute atomic E-state index is 0.0219. The summed E-state index contributed by atoms with van der Waals surface area (Å²) in [6.45, 7) is 0. The van der Waals surface area contributed by atoms with E-state index in [1.54, 1.807) is 6.26 Å². The van der Waals surface area contributed by atoms with Gasteiger partial charge < -0.3 is 9.15 Å². The van der Waals surface area contributed by atoms with Crippen molar-refractivity contribution in [3.05, 3.63) is 52.4 Å². The van der Waals surface area contributed by atoms with Crippen LogP contribution in [0.15, 0.2) is 45.5 Å². The minimum Gasteiger partial charge on any atom is -0.481 e. The Morgan fingerprint density at radius 2 is 2.13 bits per heavy atom. The summed E-state index contributed by atoms with van der Waals surface area (Å²) in [6.07, 6.45) is 2.58. The second kappa shape index (κ2) is 3.42. The molecule has 1 atom stereocenters. The van der Waals surface area contributed by atoms with Crippen molar-refractivity contribution in [1.29, 1.82) is 0 Å². The molecule has 2 nitrogen and oxygen atoms in total. The van der Waals surface area contributed by atoms with Crippen LogP contribution >= 0.6 is 15.9 Å². The number of ether oxygens (including phenoxy) is 1.